The Balaban J connectivity index is 1.44. The van der Waals surface area contributed by atoms with Crippen LogP contribution in [-0.2, 0) is 11.3 Å². The third-order valence-electron chi connectivity index (χ3n) is 5.02. The van der Waals surface area contributed by atoms with E-state index in [2.05, 4.69) is 20.8 Å². The first-order valence-corrected chi connectivity index (χ1v) is 8.39. The fourth-order valence-electron chi connectivity index (χ4n) is 3.61. The lowest BCUT2D eigenvalue weighted by Crippen LogP contribution is -2.44. The maximum Gasteiger partial charge on any atom is 0.325 e. The molecule has 0 radical (unpaired) electrons. The zero-order chi connectivity index (χ0) is 16.4. The van der Waals surface area contributed by atoms with Crippen LogP contribution in [0.4, 0.5) is 4.79 Å². The number of nitrogens with one attached hydrogen (secondary N) is 3. The molecule has 2 fully saturated rings. The van der Waals surface area contributed by atoms with E-state index in [1.807, 2.05) is 13.8 Å². The molecule has 3 amide bonds. The maximum atomic E-state index is 12.5. The van der Waals surface area contributed by atoms with Crippen molar-refractivity contribution in [2.24, 2.45) is 0 Å². The Bertz CT molecular complexity index is 584. The number of carbonyl (C=O) groups excluding carboxylic acids is 2. The zero-order valence-corrected chi connectivity index (χ0v) is 13.9. The van der Waals surface area contributed by atoms with Gasteiger partial charge in [-0.05, 0) is 39.7 Å². The Labute approximate surface area is 136 Å². The highest BCUT2D eigenvalue weighted by Gasteiger charge is 2.51. The summed E-state index contributed by atoms with van der Waals surface area (Å²) >= 11 is 0. The summed E-state index contributed by atoms with van der Waals surface area (Å²) in [5.74, 6) is -0.0264. The summed E-state index contributed by atoms with van der Waals surface area (Å²) in [6, 6.07) is -0.224. The van der Waals surface area contributed by atoms with Gasteiger partial charge in [-0.2, -0.15) is 5.10 Å². The van der Waals surface area contributed by atoms with Crippen molar-refractivity contribution < 1.29 is 9.59 Å². The predicted molar refractivity (Wildman–Crippen MR) is 85.8 cm³/mol. The van der Waals surface area contributed by atoms with Crippen molar-refractivity contribution in [2.75, 3.05) is 13.1 Å². The van der Waals surface area contributed by atoms with Crippen molar-refractivity contribution in [2.45, 2.75) is 58.0 Å². The van der Waals surface area contributed by atoms with E-state index in [-0.39, 0.29) is 11.9 Å². The molecule has 1 aromatic rings. The van der Waals surface area contributed by atoms with E-state index in [1.165, 1.54) is 10.5 Å². The Kier molecular flexibility index (Phi) is 4.39. The van der Waals surface area contributed by atoms with E-state index < -0.39 is 5.54 Å². The molecule has 1 aliphatic heterocycles. The molecule has 1 saturated heterocycles. The Morgan fingerprint density at radius 1 is 1.26 bits per heavy atom. The molecular weight excluding hydrogens is 294 g/mol. The first-order chi connectivity index (χ1) is 11.0. The first kappa shape index (κ1) is 16.0. The van der Waals surface area contributed by atoms with Crippen molar-refractivity contribution in [3.63, 3.8) is 0 Å². The average molecular weight is 319 g/mol. The van der Waals surface area contributed by atoms with Crippen LogP contribution in [0, 0.1) is 13.8 Å². The number of rotatable bonds is 6. The molecule has 7 nitrogen and oxygen atoms in total. The third-order valence-corrected chi connectivity index (χ3v) is 5.02. The third kappa shape index (κ3) is 2.97. The van der Waals surface area contributed by atoms with Crippen LogP contribution >= 0.6 is 0 Å². The largest absolute Gasteiger partial charge is 0.325 e. The quantitative estimate of drug-likeness (QED) is 0.546. The number of carbonyl (C=O) groups is 2. The van der Waals surface area contributed by atoms with E-state index in [9.17, 15) is 9.59 Å². The fourth-order valence-corrected chi connectivity index (χ4v) is 3.61. The van der Waals surface area contributed by atoms with Crippen LogP contribution in [0.25, 0.3) is 0 Å². The molecule has 126 valence electrons. The molecule has 1 saturated carbocycles. The molecule has 3 rings (SSSR count). The number of H-pyrrole nitrogens is 1. The lowest BCUT2D eigenvalue weighted by molar-refractivity contribution is -0.131. The second-order valence-electron chi connectivity index (χ2n) is 6.62. The van der Waals surface area contributed by atoms with Crippen LogP contribution in [0.15, 0.2) is 0 Å². The maximum absolute atomic E-state index is 12.5. The Morgan fingerprint density at radius 3 is 2.65 bits per heavy atom. The van der Waals surface area contributed by atoms with Gasteiger partial charge in [0.15, 0.2) is 0 Å². The monoisotopic (exact) mass is 319 g/mol. The SMILES string of the molecule is Cc1n[nH]c(C)c1CNCCCN1C(=O)NC2(CCCC2)C1=O. The number of aryl methyl sites for hydroxylation is 2. The van der Waals surface area contributed by atoms with Gasteiger partial charge in [-0.3, -0.25) is 14.8 Å². The van der Waals surface area contributed by atoms with Crippen molar-refractivity contribution in [3.05, 3.63) is 17.0 Å². The summed E-state index contributed by atoms with van der Waals surface area (Å²) in [6.07, 6.45) is 4.36. The van der Waals surface area contributed by atoms with Crippen LogP contribution in [0.1, 0.15) is 49.1 Å². The van der Waals surface area contributed by atoms with Gasteiger partial charge in [0.1, 0.15) is 5.54 Å². The van der Waals surface area contributed by atoms with E-state index in [4.69, 9.17) is 0 Å². The standard InChI is InChI=1S/C16H25N5O2/c1-11-13(12(2)20-19-11)10-17-8-5-9-21-14(22)16(18-15(21)23)6-3-4-7-16/h17H,3-10H2,1-2H3,(H,18,23)(H,19,20). The highest BCUT2D eigenvalue weighted by atomic mass is 16.2. The van der Waals surface area contributed by atoms with E-state index in [0.717, 1.165) is 56.6 Å². The second-order valence-corrected chi connectivity index (χ2v) is 6.62. The van der Waals surface area contributed by atoms with Crippen molar-refractivity contribution in [1.82, 2.24) is 25.7 Å². The highest BCUT2D eigenvalue weighted by Crippen LogP contribution is 2.34. The van der Waals surface area contributed by atoms with Crippen LogP contribution in [-0.4, -0.2) is 45.7 Å². The van der Waals surface area contributed by atoms with Crippen LogP contribution in [0.3, 0.4) is 0 Å². The van der Waals surface area contributed by atoms with Gasteiger partial charge in [-0.1, -0.05) is 12.8 Å². The fraction of sp³-hybridized carbons (Fsp3) is 0.688. The number of nitrogens with zero attached hydrogens (tertiary/aromatic N) is 2. The molecule has 0 unspecified atom stereocenters. The highest BCUT2D eigenvalue weighted by molar-refractivity contribution is 6.07. The molecule has 2 aliphatic rings. The molecular formula is C16H25N5O2. The van der Waals surface area contributed by atoms with Gasteiger partial charge in [-0.25, -0.2) is 4.79 Å². The summed E-state index contributed by atoms with van der Waals surface area (Å²) in [5.41, 5.74) is 2.68. The molecule has 0 bridgehead atoms. The second kappa shape index (κ2) is 6.31. The summed E-state index contributed by atoms with van der Waals surface area (Å²) < 4.78 is 0. The number of hydrogen-bond acceptors (Lipinski definition) is 4. The van der Waals surface area contributed by atoms with Gasteiger partial charge in [0, 0.05) is 24.3 Å². The molecule has 1 aliphatic carbocycles. The Morgan fingerprint density at radius 2 is 2.00 bits per heavy atom. The summed E-state index contributed by atoms with van der Waals surface area (Å²) in [6.45, 7) is 5.97. The molecule has 3 N–H and O–H groups in total. The lowest BCUT2D eigenvalue weighted by Gasteiger charge is -2.20. The van der Waals surface area contributed by atoms with Crippen molar-refractivity contribution >= 4 is 11.9 Å². The molecule has 1 aromatic heterocycles. The van der Waals surface area contributed by atoms with Gasteiger partial charge in [0.25, 0.3) is 5.91 Å². The topological polar surface area (TPSA) is 90.1 Å². The first-order valence-electron chi connectivity index (χ1n) is 8.39. The Hall–Kier alpha value is -1.89. The molecule has 0 aromatic carbocycles. The minimum Gasteiger partial charge on any atom is -0.323 e. The number of urea groups is 1. The summed E-state index contributed by atoms with van der Waals surface area (Å²) in [7, 11) is 0. The summed E-state index contributed by atoms with van der Waals surface area (Å²) in [5, 5.41) is 13.4. The van der Waals surface area contributed by atoms with Gasteiger partial charge in [-0.15, -0.1) is 0 Å². The normalized spacial score (nSPS) is 19.8. The zero-order valence-electron chi connectivity index (χ0n) is 13.9. The number of hydrogen-bond donors (Lipinski definition) is 3. The minimum atomic E-state index is -0.588. The average Bonchev–Trinajstić information content (AvgIpc) is 3.17. The lowest BCUT2D eigenvalue weighted by atomic mass is 9.98. The molecule has 2 heterocycles. The van der Waals surface area contributed by atoms with Crippen molar-refractivity contribution in [1.29, 1.82) is 0 Å². The van der Waals surface area contributed by atoms with E-state index in [1.54, 1.807) is 0 Å². The van der Waals surface area contributed by atoms with Crippen LogP contribution in [0.2, 0.25) is 0 Å². The predicted octanol–water partition coefficient (Wildman–Crippen LogP) is 1.37. The van der Waals surface area contributed by atoms with E-state index in [0.29, 0.717) is 6.54 Å². The molecule has 1 spiro atoms. The van der Waals surface area contributed by atoms with Crippen LogP contribution < -0.4 is 10.6 Å². The molecule has 23 heavy (non-hydrogen) atoms. The van der Waals surface area contributed by atoms with Gasteiger partial charge in [0.05, 0.1) is 5.69 Å². The molecule has 0 atom stereocenters. The van der Waals surface area contributed by atoms with Gasteiger partial charge >= 0.3 is 6.03 Å². The smallest absolute Gasteiger partial charge is 0.323 e. The van der Waals surface area contributed by atoms with Crippen LogP contribution in [0.5, 0.6) is 0 Å². The van der Waals surface area contributed by atoms with E-state index >= 15 is 0 Å². The molecule has 7 heteroatoms. The van der Waals surface area contributed by atoms with Gasteiger partial charge < -0.3 is 10.6 Å². The van der Waals surface area contributed by atoms with Crippen molar-refractivity contribution in [3.8, 4) is 0 Å². The van der Waals surface area contributed by atoms with Gasteiger partial charge in [0.2, 0.25) is 0 Å². The number of imide groups is 1. The number of amides is 3. The minimum absolute atomic E-state index is 0.0264. The summed E-state index contributed by atoms with van der Waals surface area (Å²) in [4.78, 5) is 25.9. The number of aromatic nitrogens is 2. The number of aromatic amines is 1.